The van der Waals surface area contributed by atoms with Gasteiger partial charge in [-0.1, -0.05) is 12.1 Å². The molecule has 1 amide bonds. The van der Waals surface area contributed by atoms with E-state index < -0.39 is 0 Å². The minimum Gasteiger partial charge on any atom is -0.447 e. The van der Waals surface area contributed by atoms with Crippen molar-refractivity contribution < 1.29 is 9.53 Å². The number of ether oxygens (including phenoxy) is 1. The molecule has 1 heterocycles. The van der Waals surface area contributed by atoms with E-state index in [2.05, 4.69) is 0 Å². The van der Waals surface area contributed by atoms with Gasteiger partial charge >= 0.3 is 6.09 Å². The summed E-state index contributed by atoms with van der Waals surface area (Å²) in [5, 5.41) is 0. The molecule has 1 aliphatic heterocycles. The first-order valence-corrected chi connectivity index (χ1v) is 4.54. The average molecular weight is 192 g/mol. The maximum absolute atomic E-state index is 11.2. The van der Waals surface area contributed by atoms with Gasteiger partial charge in [0.05, 0.1) is 6.54 Å². The molecule has 0 bridgehead atoms. The summed E-state index contributed by atoms with van der Waals surface area (Å²) in [6.45, 7) is 1.56. The number of carbonyl (C=O) groups excluding carboxylic acids is 1. The lowest BCUT2D eigenvalue weighted by Gasteiger charge is -2.13. The Morgan fingerprint density at radius 3 is 3.00 bits per heavy atom. The molecule has 4 heteroatoms. The first-order valence-electron chi connectivity index (χ1n) is 4.54. The second-order valence-electron chi connectivity index (χ2n) is 3.14. The zero-order valence-electron chi connectivity index (χ0n) is 7.77. The van der Waals surface area contributed by atoms with Gasteiger partial charge in [-0.15, -0.1) is 0 Å². The molecule has 0 radical (unpaired) electrons. The van der Waals surface area contributed by atoms with Crippen molar-refractivity contribution in [3.05, 3.63) is 29.8 Å². The number of benzene rings is 1. The summed E-state index contributed by atoms with van der Waals surface area (Å²) in [5.74, 6) is 0. The van der Waals surface area contributed by atoms with Crippen LogP contribution >= 0.6 is 0 Å². The van der Waals surface area contributed by atoms with Crippen LogP contribution in [0.15, 0.2) is 24.3 Å². The minimum atomic E-state index is -0.279. The van der Waals surface area contributed by atoms with Crippen molar-refractivity contribution in [1.29, 1.82) is 0 Å². The Hall–Kier alpha value is -1.55. The van der Waals surface area contributed by atoms with E-state index in [4.69, 9.17) is 10.5 Å². The summed E-state index contributed by atoms with van der Waals surface area (Å²) in [4.78, 5) is 12.9. The van der Waals surface area contributed by atoms with E-state index in [0.29, 0.717) is 19.7 Å². The summed E-state index contributed by atoms with van der Waals surface area (Å²) in [6, 6.07) is 7.62. The van der Waals surface area contributed by atoms with E-state index in [0.717, 1.165) is 11.3 Å². The quantitative estimate of drug-likeness (QED) is 0.763. The fraction of sp³-hybridized carbons (Fsp3) is 0.300. The normalized spacial score (nSPS) is 15.8. The SMILES string of the molecule is NCc1cccc(N2CCOC2=O)c1. The van der Waals surface area contributed by atoms with Crippen LogP contribution in [-0.2, 0) is 11.3 Å². The number of nitrogens with zero attached hydrogens (tertiary/aromatic N) is 1. The Balaban J connectivity index is 2.26. The molecule has 0 saturated carbocycles. The molecule has 1 fully saturated rings. The smallest absolute Gasteiger partial charge is 0.414 e. The summed E-state index contributed by atoms with van der Waals surface area (Å²) >= 11 is 0. The number of amides is 1. The first kappa shape index (κ1) is 9.02. The largest absolute Gasteiger partial charge is 0.447 e. The fourth-order valence-corrected chi connectivity index (χ4v) is 1.48. The maximum atomic E-state index is 11.2. The van der Waals surface area contributed by atoms with Gasteiger partial charge in [0.25, 0.3) is 0 Å². The van der Waals surface area contributed by atoms with Gasteiger partial charge in [-0.05, 0) is 17.7 Å². The molecular weight excluding hydrogens is 180 g/mol. The van der Waals surface area contributed by atoms with E-state index >= 15 is 0 Å². The molecule has 1 aliphatic rings. The third-order valence-electron chi connectivity index (χ3n) is 2.22. The second-order valence-corrected chi connectivity index (χ2v) is 3.14. The van der Waals surface area contributed by atoms with Gasteiger partial charge in [0, 0.05) is 12.2 Å². The highest BCUT2D eigenvalue weighted by Crippen LogP contribution is 2.19. The van der Waals surface area contributed by atoms with Crippen LogP contribution < -0.4 is 10.6 Å². The van der Waals surface area contributed by atoms with Gasteiger partial charge in [0.1, 0.15) is 6.61 Å². The monoisotopic (exact) mass is 192 g/mol. The number of carbonyl (C=O) groups is 1. The van der Waals surface area contributed by atoms with E-state index in [1.807, 2.05) is 24.3 Å². The molecule has 4 nitrogen and oxygen atoms in total. The average Bonchev–Trinajstić information content (AvgIpc) is 2.65. The van der Waals surface area contributed by atoms with Gasteiger partial charge in [-0.2, -0.15) is 0 Å². The Morgan fingerprint density at radius 2 is 2.36 bits per heavy atom. The summed E-state index contributed by atoms with van der Waals surface area (Å²) in [5.41, 5.74) is 7.39. The first-order chi connectivity index (χ1) is 6.81. The molecule has 1 saturated heterocycles. The standard InChI is InChI=1S/C10H12N2O2/c11-7-8-2-1-3-9(6-8)12-4-5-14-10(12)13/h1-3,6H,4-5,7,11H2. The van der Waals surface area contributed by atoms with Crippen molar-refractivity contribution in [2.24, 2.45) is 5.73 Å². The molecule has 74 valence electrons. The molecular formula is C10H12N2O2. The number of rotatable bonds is 2. The van der Waals surface area contributed by atoms with Gasteiger partial charge < -0.3 is 10.5 Å². The predicted molar refractivity (Wildman–Crippen MR) is 53.0 cm³/mol. The minimum absolute atomic E-state index is 0.279. The van der Waals surface area contributed by atoms with Gasteiger partial charge in [0.2, 0.25) is 0 Å². The lowest BCUT2D eigenvalue weighted by Crippen LogP contribution is -2.23. The Kier molecular flexibility index (Phi) is 2.37. The van der Waals surface area contributed by atoms with Crippen LogP contribution in [0.1, 0.15) is 5.56 Å². The predicted octanol–water partition coefficient (Wildman–Crippen LogP) is 1.10. The zero-order valence-corrected chi connectivity index (χ0v) is 7.77. The highest BCUT2D eigenvalue weighted by molar-refractivity contribution is 5.89. The topological polar surface area (TPSA) is 55.6 Å². The van der Waals surface area contributed by atoms with E-state index in [-0.39, 0.29) is 6.09 Å². The lowest BCUT2D eigenvalue weighted by molar-refractivity contribution is 0.181. The van der Waals surface area contributed by atoms with E-state index in [9.17, 15) is 4.79 Å². The molecule has 14 heavy (non-hydrogen) atoms. The van der Waals surface area contributed by atoms with Crippen molar-refractivity contribution in [2.45, 2.75) is 6.54 Å². The summed E-state index contributed by atoms with van der Waals surface area (Å²) < 4.78 is 4.85. The summed E-state index contributed by atoms with van der Waals surface area (Å²) in [7, 11) is 0. The molecule has 2 N–H and O–H groups in total. The maximum Gasteiger partial charge on any atom is 0.414 e. The number of anilines is 1. The van der Waals surface area contributed by atoms with Crippen molar-refractivity contribution in [1.82, 2.24) is 0 Å². The molecule has 2 rings (SSSR count). The highest BCUT2D eigenvalue weighted by atomic mass is 16.6. The van der Waals surface area contributed by atoms with Gasteiger partial charge in [0.15, 0.2) is 0 Å². The van der Waals surface area contributed by atoms with Gasteiger partial charge in [-0.25, -0.2) is 4.79 Å². The molecule has 1 aromatic rings. The highest BCUT2D eigenvalue weighted by Gasteiger charge is 2.23. The zero-order chi connectivity index (χ0) is 9.97. The van der Waals surface area contributed by atoms with Crippen LogP contribution in [0.5, 0.6) is 0 Å². The van der Waals surface area contributed by atoms with Crippen molar-refractivity contribution in [3.8, 4) is 0 Å². The number of hydrogen-bond donors (Lipinski definition) is 1. The van der Waals surface area contributed by atoms with Crippen molar-refractivity contribution >= 4 is 11.8 Å². The van der Waals surface area contributed by atoms with E-state index in [1.165, 1.54) is 0 Å². The van der Waals surface area contributed by atoms with Crippen molar-refractivity contribution in [2.75, 3.05) is 18.1 Å². The number of nitrogens with two attached hydrogens (primary N) is 1. The third kappa shape index (κ3) is 1.56. The van der Waals surface area contributed by atoms with Crippen LogP contribution in [-0.4, -0.2) is 19.2 Å². The molecule has 0 atom stereocenters. The van der Waals surface area contributed by atoms with E-state index in [1.54, 1.807) is 4.90 Å². The third-order valence-corrected chi connectivity index (χ3v) is 2.22. The van der Waals surface area contributed by atoms with Crippen LogP contribution in [0.2, 0.25) is 0 Å². The molecule has 0 unspecified atom stereocenters. The van der Waals surface area contributed by atoms with Gasteiger partial charge in [-0.3, -0.25) is 4.90 Å². The Bertz CT molecular complexity index is 352. The van der Waals surface area contributed by atoms with Crippen LogP contribution in [0.3, 0.4) is 0 Å². The molecule has 0 aliphatic carbocycles. The number of hydrogen-bond acceptors (Lipinski definition) is 3. The molecule has 0 spiro atoms. The van der Waals surface area contributed by atoms with Crippen LogP contribution in [0, 0.1) is 0 Å². The Morgan fingerprint density at radius 1 is 1.50 bits per heavy atom. The lowest BCUT2D eigenvalue weighted by atomic mass is 10.2. The number of cyclic esters (lactones) is 1. The van der Waals surface area contributed by atoms with Crippen LogP contribution in [0.25, 0.3) is 0 Å². The second kappa shape index (κ2) is 3.67. The van der Waals surface area contributed by atoms with Crippen LogP contribution in [0.4, 0.5) is 10.5 Å². The summed E-state index contributed by atoms with van der Waals surface area (Å²) in [6.07, 6.45) is -0.279. The van der Waals surface area contributed by atoms with Crippen molar-refractivity contribution in [3.63, 3.8) is 0 Å². The Labute approximate surface area is 82.3 Å². The molecule has 1 aromatic carbocycles. The molecule has 0 aromatic heterocycles. The fourth-order valence-electron chi connectivity index (χ4n) is 1.48.